The van der Waals surface area contributed by atoms with Crippen LogP contribution in [0.1, 0.15) is 30.9 Å². The minimum Gasteiger partial charge on any atom is -0.481 e. The quantitative estimate of drug-likeness (QED) is 0.727. The number of aliphatic carboxylic acids is 1. The Balaban J connectivity index is 1.58. The van der Waals surface area contributed by atoms with Gasteiger partial charge < -0.3 is 19.9 Å². The molecule has 2 aromatic rings. The smallest absolute Gasteiger partial charge is 0.407 e. The van der Waals surface area contributed by atoms with Crippen LogP contribution in [0.2, 0.25) is 0 Å². The second kappa shape index (κ2) is 8.89. The van der Waals surface area contributed by atoms with Crippen molar-refractivity contribution in [2.75, 3.05) is 19.8 Å². The number of fused-ring (bicyclic) bond motifs is 3. The summed E-state index contributed by atoms with van der Waals surface area (Å²) in [4.78, 5) is 23.4. The van der Waals surface area contributed by atoms with Gasteiger partial charge in [0.2, 0.25) is 0 Å². The zero-order chi connectivity index (χ0) is 20.1. The number of rotatable bonds is 8. The molecule has 1 aliphatic carbocycles. The van der Waals surface area contributed by atoms with Crippen molar-refractivity contribution in [2.45, 2.75) is 25.9 Å². The molecule has 2 aromatic carbocycles. The fraction of sp³-hybridized carbons (Fsp3) is 0.364. The highest BCUT2D eigenvalue weighted by molar-refractivity contribution is 5.79. The van der Waals surface area contributed by atoms with Crippen molar-refractivity contribution < 1.29 is 24.2 Å². The fourth-order valence-electron chi connectivity index (χ4n) is 3.38. The number of amides is 1. The van der Waals surface area contributed by atoms with Crippen LogP contribution in [0.5, 0.6) is 0 Å². The van der Waals surface area contributed by atoms with E-state index in [2.05, 4.69) is 17.4 Å². The predicted molar refractivity (Wildman–Crippen MR) is 105 cm³/mol. The minimum absolute atomic E-state index is 0.0299. The average molecular weight is 383 g/mol. The summed E-state index contributed by atoms with van der Waals surface area (Å²) in [5.41, 5.74) is 4.57. The van der Waals surface area contributed by atoms with E-state index in [0.29, 0.717) is 0 Å². The highest BCUT2D eigenvalue weighted by Crippen LogP contribution is 2.44. The van der Waals surface area contributed by atoms with Gasteiger partial charge in [0.15, 0.2) is 0 Å². The molecule has 0 aliphatic heterocycles. The summed E-state index contributed by atoms with van der Waals surface area (Å²) in [6, 6.07) is 16.2. The zero-order valence-electron chi connectivity index (χ0n) is 16.1. The molecule has 2 N–H and O–H groups in total. The highest BCUT2D eigenvalue weighted by Gasteiger charge is 2.29. The molecule has 0 bridgehead atoms. The van der Waals surface area contributed by atoms with Gasteiger partial charge >= 0.3 is 12.1 Å². The molecule has 1 amide bonds. The number of nitrogens with one attached hydrogen (secondary N) is 1. The van der Waals surface area contributed by atoms with Crippen LogP contribution in [0.15, 0.2) is 48.5 Å². The van der Waals surface area contributed by atoms with Gasteiger partial charge in [0.05, 0.1) is 18.6 Å². The van der Waals surface area contributed by atoms with E-state index < -0.39 is 18.0 Å². The first kappa shape index (κ1) is 19.9. The van der Waals surface area contributed by atoms with E-state index in [0.717, 1.165) is 22.3 Å². The Morgan fingerprint density at radius 3 is 2.14 bits per heavy atom. The lowest BCUT2D eigenvalue weighted by atomic mass is 9.98. The third-order valence-electron chi connectivity index (χ3n) is 4.82. The Bertz CT molecular complexity index is 803. The van der Waals surface area contributed by atoms with Crippen molar-refractivity contribution >= 4 is 12.1 Å². The SMILES string of the molecule is CC(C)OC[C@H](CNC(=O)OCC1c2ccccc2-c2ccccc21)C(=O)O. The summed E-state index contributed by atoms with van der Waals surface area (Å²) >= 11 is 0. The minimum atomic E-state index is -1.01. The molecule has 6 heteroatoms. The van der Waals surface area contributed by atoms with Crippen LogP contribution < -0.4 is 5.32 Å². The van der Waals surface area contributed by atoms with E-state index in [1.807, 2.05) is 50.2 Å². The van der Waals surface area contributed by atoms with E-state index in [4.69, 9.17) is 9.47 Å². The first-order valence-corrected chi connectivity index (χ1v) is 9.40. The second-order valence-electron chi connectivity index (χ2n) is 7.12. The lowest BCUT2D eigenvalue weighted by molar-refractivity contribution is -0.144. The zero-order valence-corrected chi connectivity index (χ0v) is 16.1. The molecule has 1 atom stereocenters. The van der Waals surface area contributed by atoms with Gasteiger partial charge in [0.25, 0.3) is 0 Å². The fourth-order valence-corrected chi connectivity index (χ4v) is 3.38. The molecular weight excluding hydrogens is 358 g/mol. The van der Waals surface area contributed by atoms with Crippen LogP contribution in [0.4, 0.5) is 4.79 Å². The summed E-state index contributed by atoms with van der Waals surface area (Å²) in [6.45, 7) is 3.85. The molecule has 0 spiro atoms. The Morgan fingerprint density at radius 1 is 1.04 bits per heavy atom. The third kappa shape index (κ3) is 4.51. The predicted octanol–water partition coefficient (Wildman–Crippen LogP) is 3.65. The van der Waals surface area contributed by atoms with E-state index in [1.165, 1.54) is 0 Å². The average Bonchev–Trinajstić information content (AvgIpc) is 3.00. The molecular formula is C22H25NO5. The summed E-state index contributed by atoms with van der Waals surface area (Å²) in [5.74, 6) is -1.86. The molecule has 28 heavy (non-hydrogen) atoms. The number of carbonyl (C=O) groups is 2. The van der Waals surface area contributed by atoms with Gasteiger partial charge in [-0.05, 0) is 36.1 Å². The summed E-state index contributed by atoms with van der Waals surface area (Å²) in [6.07, 6.45) is -0.700. The van der Waals surface area contributed by atoms with Crippen LogP contribution in [-0.4, -0.2) is 43.0 Å². The number of hydrogen-bond donors (Lipinski definition) is 2. The maximum Gasteiger partial charge on any atom is 0.407 e. The van der Waals surface area contributed by atoms with E-state index in [9.17, 15) is 14.7 Å². The second-order valence-corrected chi connectivity index (χ2v) is 7.12. The Morgan fingerprint density at radius 2 is 1.61 bits per heavy atom. The van der Waals surface area contributed by atoms with Gasteiger partial charge in [-0.1, -0.05) is 48.5 Å². The Hall–Kier alpha value is -2.86. The van der Waals surface area contributed by atoms with Crippen LogP contribution in [0, 0.1) is 5.92 Å². The summed E-state index contributed by atoms with van der Waals surface area (Å²) < 4.78 is 10.8. The first-order chi connectivity index (χ1) is 13.5. The summed E-state index contributed by atoms with van der Waals surface area (Å²) in [5, 5.41) is 11.8. The molecule has 1 aliphatic rings. The number of benzene rings is 2. The number of ether oxygens (including phenoxy) is 2. The molecule has 0 unspecified atom stereocenters. The van der Waals surface area contributed by atoms with Crippen LogP contribution >= 0.6 is 0 Å². The maximum absolute atomic E-state index is 12.1. The standard InChI is InChI=1S/C22H25NO5/c1-14(2)27-12-15(21(24)25)11-23-22(26)28-13-20-18-9-5-3-7-16(18)17-8-4-6-10-19(17)20/h3-10,14-15,20H,11-13H2,1-2H3,(H,23,26)(H,24,25)/t15-/m0/s1. The lowest BCUT2D eigenvalue weighted by Gasteiger charge is -2.17. The number of carbonyl (C=O) groups excluding carboxylic acids is 1. The molecule has 0 saturated carbocycles. The van der Waals surface area contributed by atoms with Crippen molar-refractivity contribution in [3.8, 4) is 11.1 Å². The molecule has 0 aromatic heterocycles. The highest BCUT2D eigenvalue weighted by atomic mass is 16.5. The monoisotopic (exact) mass is 383 g/mol. The number of carboxylic acid groups (broad SMARTS) is 1. The van der Waals surface area contributed by atoms with Crippen LogP contribution in [-0.2, 0) is 14.3 Å². The van der Waals surface area contributed by atoms with E-state index in [-0.39, 0.29) is 31.8 Å². The van der Waals surface area contributed by atoms with Crippen molar-refractivity contribution in [2.24, 2.45) is 5.92 Å². The first-order valence-electron chi connectivity index (χ1n) is 9.40. The lowest BCUT2D eigenvalue weighted by Crippen LogP contribution is -2.36. The largest absolute Gasteiger partial charge is 0.481 e. The van der Waals surface area contributed by atoms with E-state index >= 15 is 0 Å². The van der Waals surface area contributed by atoms with Crippen LogP contribution in [0.25, 0.3) is 11.1 Å². The van der Waals surface area contributed by atoms with E-state index in [1.54, 1.807) is 0 Å². The Labute approximate surface area is 164 Å². The molecule has 6 nitrogen and oxygen atoms in total. The van der Waals surface area contributed by atoms with Crippen molar-refractivity contribution in [3.63, 3.8) is 0 Å². The number of alkyl carbamates (subject to hydrolysis) is 1. The molecule has 0 fully saturated rings. The van der Waals surface area contributed by atoms with Gasteiger partial charge in [0, 0.05) is 12.5 Å². The van der Waals surface area contributed by atoms with Crippen molar-refractivity contribution in [3.05, 3.63) is 59.7 Å². The van der Waals surface area contributed by atoms with Gasteiger partial charge in [0.1, 0.15) is 6.61 Å². The third-order valence-corrected chi connectivity index (χ3v) is 4.82. The van der Waals surface area contributed by atoms with Gasteiger partial charge in [-0.3, -0.25) is 4.79 Å². The molecule has 0 saturated heterocycles. The summed E-state index contributed by atoms with van der Waals surface area (Å²) in [7, 11) is 0. The van der Waals surface area contributed by atoms with Gasteiger partial charge in [-0.15, -0.1) is 0 Å². The molecule has 148 valence electrons. The van der Waals surface area contributed by atoms with Crippen molar-refractivity contribution in [1.82, 2.24) is 5.32 Å². The van der Waals surface area contributed by atoms with Crippen LogP contribution in [0.3, 0.4) is 0 Å². The topological polar surface area (TPSA) is 84.9 Å². The molecule has 0 radical (unpaired) electrons. The number of hydrogen-bond acceptors (Lipinski definition) is 4. The Kier molecular flexibility index (Phi) is 6.31. The van der Waals surface area contributed by atoms with Gasteiger partial charge in [-0.25, -0.2) is 4.79 Å². The normalized spacial score (nSPS) is 13.7. The number of carboxylic acids is 1. The maximum atomic E-state index is 12.1. The molecule has 0 heterocycles. The molecule has 3 rings (SSSR count). The van der Waals surface area contributed by atoms with Crippen molar-refractivity contribution in [1.29, 1.82) is 0 Å². The van der Waals surface area contributed by atoms with Gasteiger partial charge in [-0.2, -0.15) is 0 Å².